The number of amides is 1. The molecule has 0 aliphatic carbocycles. The minimum absolute atomic E-state index is 0.119. The molecule has 152 valence electrons. The van der Waals surface area contributed by atoms with E-state index in [0.29, 0.717) is 19.0 Å². The van der Waals surface area contributed by atoms with Gasteiger partial charge in [0.1, 0.15) is 11.3 Å². The molecule has 1 atom stereocenters. The minimum Gasteiger partial charge on any atom is -0.353 e. The van der Waals surface area contributed by atoms with Crippen molar-refractivity contribution in [2.24, 2.45) is 0 Å². The smallest absolute Gasteiger partial charge is 0.230 e. The van der Waals surface area contributed by atoms with E-state index in [0.717, 1.165) is 41.9 Å². The quantitative estimate of drug-likeness (QED) is 0.667. The maximum absolute atomic E-state index is 13.2. The summed E-state index contributed by atoms with van der Waals surface area (Å²) >= 11 is 0. The largest absolute Gasteiger partial charge is 0.353 e. The van der Waals surface area contributed by atoms with Gasteiger partial charge in [-0.3, -0.25) is 4.79 Å². The van der Waals surface area contributed by atoms with Crippen LogP contribution in [0.2, 0.25) is 0 Å². The molecule has 2 N–H and O–H groups in total. The molecular formula is C21H25FN6O. The van der Waals surface area contributed by atoms with Crippen LogP contribution < -0.4 is 10.6 Å². The van der Waals surface area contributed by atoms with Gasteiger partial charge in [-0.2, -0.15) is 5.10 Å². The molecule has 1 fully saturated rings. The molecule has 1 aliphatic heterocycles. The molecule has 4 rings (SSSR count). The highest BCUT2D eigenvalue weighted by molar-refractivity contribution is 5.87. The minimum atomic E-state index is -0.764. The van der Waals surface area contributed by atoms with Gasteiger partial charge in [0, 0.05) is 31.4 Å². The molecule has 29 heavy (non-hydrogen) atoms. The first kappa shape index (κ1) is 19.4. The highest BCUT2D eigenvalue weighted by Crippen LogP contribution is 2.27. The Morgan fingerprint density at radius 2 is 2.03 bits per heavy atom. The van der Waals surface area contributed by atoms with Crippen LogP contribution in [-0.2, 0) is 16.8 Å². The fraction of sp³-hybridized carbons (Fsp3) is 0.429. The molecule has 7 nitrogen and oxygen atoms in total. The average molecular weight is 396 g/mol. The second-order valence-corrected chi connectivity index (χ2v) is 7.91. The Morgan fingerprint density at radius 3 is 2.76 bits per heavy atom. The van der Waals surface area contributed by atoms with Crippen molar-refractivity contribution in [1.29, 1.82) is 0 Å². The number of nitrogens with zero attached hydrogens (tertiary/aromatic N) is 4. The Balaban J connectivity index is 1.46. The van der Waals surface area contributed by atoms with Gasteiger partial charge in [0.05, 0.1) is 17.7 Å². The number of rotatable bonds is 6. The van der Waals surface area contributed by atoms with Gasteiger partial charge in [0.2, 0.25) is 5.91 Å². The summed E-state index contributed by atoms with van der Waals surface area (Å²) in [7, 11) is 0. The summed E-state index contributed by atoms with van der Waals surface area (Å²) in [5, 5.41) is 11.1. The van der Waals surface area contributed by atoms with Crippen molar-refractivity contribution in [3.63, 3.8) is 0 Å². The van der Waals surface area contributed by atoms with Crippen molar-refractivity contribution in [2.45, 2.75) is 38.1 Å². The van der Waals surface area contributed by atoms with Crippen LogP contribution in [-0.4, -0.2) is 45.3 Å². The lowest BCUT2D eigenvalue weighted by Crippen LogP contribution is -2.41. The summed E-state index contributed by atoms with van der Waals surface area (Å²) in [4.78, 5) is 21.7. The van der Waals surface area contributed by atoms with E-state index in [1.165, 1.54) is 12.1 Å². The fourth-order valence-corrected chi connectivity index (χ4v) is 3.74. The van der Waals surface area contributed by atoms with Crippen molar-refractivity contribution >= 4 is 17.1 Å². The van der Waals surface area contributed by atoms with Crippen molar-refractivity contribution in [3.8, 4) is 0 Å². The Hall–Kier alpha value is -2.87. The van der Waals surface area contributed by atoms with Crippen molar-refractivity contribution in [2.75, 3.05) is 19.6 Å². The number of carbonyl (C=O) groups excluding carboxylic acids is 1. The first-order chi connectivity index (χ1) is 14.0. The first-order valence-electron chi connectivity index (χ1n) is 9.89. The number of carbonyl (C=O) groups is 1. The molecule has 1 saturated heterocycles. The van der Waals surface area contributed by atoms with Crippen LogP contribution in [0.5, 0.6) is 0 Å². The van der Waals surface area contributed by atoms with Crippen molar-refractivity contribution < 1.29 is 9.18 Å². The lowest BCUT2D eigenvalue weighted by molar-refractivity contribution is -0.125. The predicted molar refractivity (Wildman–Crippen MR) is 108 cm³/mol. The maximum Gasteiger partial charge on any atom is 0.230 e. The monoisotopic (exact) mass is 396 g/mol. The number of hydrogen-bond donors (Lipinski definition) is 2. The number of halogens is 1. The summed E-state index contributed by atoms with van der Waals surface area (Å²) in [5.74, 6) is -0.0979. The third-order valence-electron chi connectivity index (χ3n) is 5.58. The molecule has 2 aromatic heterocycles. The molecule has 0 saturated carbocycles. The topological polar surface area (TPSA) is 84.7 Å². The summed E-state index contributed by atoms with van der Waals surface area (Å²) in [5.41, 5.74) is 2.54. The molecular weight excluding hydrogens is 371 g/mol. The van der Waals surface area contributed by atoms with Gasteiger partial charge in [0.25, 0.3) is 0 Å². The molecule has 1 amide bonds. The number of fused-ring (bicyclic) bond motifs is 1. The van der Waals surface area contributed by atoms with Gasteiger partial charge in [-0.15, -0.1) is 0 Å². The van der Waals surface area contributed by atoms with E-state index < -0.39 is 5.41 Å². The van der Waals surface area contributed by atoms with E-state index in [-0.39, 0.29) is 11.7 Å². The van der Waals surface area contributed by atoms with Crippen LogP contribution in [0.3, 0.4) is 0 Å². The van der Waals surface area contributed by atoms with E-state index in [1.54, 1.807) is 24.5 Å². The Kier molecular flexibility index (Phi) is 5.27. The first-order valence-corrected chi connectivity index (χ1v) is 9.89. The summed E-state index contributed by atoms with van der Waals surface area (Å²) in [6.45, 7) is 6.45. The van der Waals surface area contributed by atoms with Gasteiger partial charge < -0.3 is 10.6 Å². The zero-order chi connectivity index (χ0) is 20.4. The molecule has 3 aromatic rings. The van der Waals surface area contributed by atoms with Gasteiger partial charge in [-0.25, -0.2) is 19.0 Å². The number of nitrogens with one attached hydrogen (secondary N) is 2. The Labute approximate surface area is 168 Å². The lowest BCUT2D eigenvalue weighted by atomic mass is 9.84. The summed E-state index contributed by atoms with van der Waals surface area (Å²) in [6.07, 6.45) is 4.38. The van der Waals surface area contributed by atoms with Crippen LogP contribution in [0.4, 0.5) is 4.39 Å². The molecule has 0 spiro atoms. The standard InChI is InChI=1S/C21H25FN6O/c1-21(2,15-3-5-16(22)6-4-15)20(29)26-11-12-28-19-18(24-9-10-25-19)17(27-28)14-7-8-23-13-14/h3-6,9-10,14,23H,7-8,11-13H2,1-2H3,(H,26,29)/t14-/m0/s1. The van der Waals surface area contributed by atoms with Crippen LogP contribution in [0, 0.1) is 5.82 Å². The molecule has 1 aromatic carbocycles. The zero-order valence-corrected chi connectivity index (χ0v) is 16.7. The van der Waals surface area contributed by atoms with E-state index in [4.69, 9.17) is 5.10 Å². The Morgan fingerprint density at radius 1 is 1.28 bits per heavy atom. The molecule has 0 bridgehead atoms. The Bertz CT molecular complexity index is 1010. The number of aromatic nitrogens is 4. The zero-order valence-electron chi connectivity index (χ0n) is 16.7. The SMILES string of the molecule is CC(C)(C(=O)NCCn1nc([C@H]2CCNC2)c2nccnc21)c1ccc(F)cc1. The molecule has 0 radical (unpaired) electrons. The second-order valence-electron chi connectivity index (χ2n) is 7.91. The van der Waals surface area contributed by atoms with E-state index in [1.807, 2.05) is 18.5 Å². The molecule has 0 unspecified atom stereocenters. The number of benzene rings is 1. The van der Waals surface area contributed by atoms with Crippen LogP contribution in [0.1, 0.15) is 37.4 Å². The molecule has 3 heterocycles. The van der Waals surface area contributed by atoms with E-state index in [9.17, 15) is 9.18 Å². The maximum atomic E-state index is 13.2. The third-order valence-corrected chi connectivity index (χ3v) is 5.58. The van der Waals surface area contributed by atoms with Crippen LogP contribution in [0.15, 0.2) is 36.7 Å². The van der Waals surface area contributed by atoms with Crippen LogP contribution in [0.25, 0.3) is 11.2 Å². The van der Waals surface area contributed by atoms with E-state index in [2.05, 4.69) is 20.6 Å². The highest BCUT2D eigenvalue weighted by atomic mass is 19.1. The average Bonchev–Trinajstić information content (AvgIpc) is 3.36. The summed E-state index contributed by atoms with van der Waals surface area (Å²) < 4.78 is 15.0. The van der Waals surface area contributed by atoms with Crippen molar-refractivity contribution in [1.82, 2.24) is 30.4 Å². The molecule has 1 aliphatic rings. The van der Waals surface area contributed by atoms with Gasteiger partial charge in [-0.1, -0.05) is 12.1 Å². The van der Waals surface area contributed by atoms with Gasteiger partial charge in [-0.05, 0) is 44.5 Å². The second kappa shape index (κ2) is 7.87. The fourth-order valence-electron chi connectivity index (χ4n) is 3.74. The highest BCUT2D eigenvalue weighted by Gasteiger charge is 2.30. The predicted octanol–water partition coefficient (Wildman–Crippen LogP) is 2.14. The van der Waals surface area contributed by atoms with Crippen molar-refractivity contribution in [3.05, 3.63) is 53.7 Å². The van der Waals surface area contributed by atoms with Gasteiger partial charge >= 0.3 is 0 Å². The molecule has 8 heteroatoms. The van der Waals surface area contributed by atoms with E-state index >= 15 is 0 Å². The summed E-state index contributed by atoms with van der Waals surface area (Å²) in [6, 6.07) is 6.04. The van der Waals surface area contributed by atoms with Gasteiger partial charge in [0.15, 0.2) is 5.65 Å². The van der Waals surface area contributed by atoms with Crippen LogP contribution >= 0.6 is 0 Å². The normalized spacial score (nSPS) is 17.0. The third kappa shape index (κ3) is 3.85. The number of hydrogen-bond acceptors (Lipinski definition) is 5. The lowest BCUT2D eigenvalue weighted by Gasteiger charge is -2.24.